The molecule has 0 aliphatic carbocycles. The van der Waals surface area contributed by atoms with Gasteiger partial charge in [-0.1, -0.05) is 24.3 Å². The summed E-state index contributed by atoms with van der Waals surface area (Å²) in [5.41, 5.74) is 7.52. The van der Waals surface area contributed by atoms with E-state index < -0.39 is 17.9 Å². The predicted molar refractivity (Wildman–Crippen MR) is 86.9 cm³/mol. The van der Waals surface area contributed by atoms with E-state index in [1.54, 1.807) is 13.8 Å². The molecule has 0 bridgehead atoms. The van der Waals surface area contributed by atoms with Crippen LogP contribution in [0.25, 0.3) is 0 Å². The van der Waals surface area contributed by atoms with E-state index in [0.717, 1.165) is 17.5 Å². The molecule has 0 aliphatic rings. The third kappa shape index (κ3) is 6.45. The molecule has 6 heteroatoms. The van der Waals surface area contributed by atoms with Crippen LogP contribution >= 0.6 is 12.4 Å². The zero-order valence-corrected chi connectivity index (χ0v) is 13.9. The van der Waals surface area contributed by atoms with E-state index >= 15 is 0 Å². The van der Waals surface area contributed by atoms with E-state index in [0.29, 0.717) is 6.54 Å². The molecule has 0 heterocycles. The fourth-order valence-electron chi connectivity index (χ4n) is 1.99. The van der Waals surface area contributed by atoms with Gasteiger partial charge >= 0.3 is 11.9 Å². The van der Waals surface area contributed by atoms with E-state index in [1.165, 1.54) is 0 Å². The molecule has 0 aromatic heterocycles. The summed E-state index contributed by atoms with van der Waals surface area (Å²) < 4.78 is 9.90. The Kier molecular flexibility index (Phi) is 10.2. The third-order valence-corrected chi connectivity index (χ3v) is 3.04. The molecular weight excluding hydrogens is 306 g/mol. The van der Waals surface area contributed by atoms with Crippen molar-refractivity contribution < 1.29 is 19.1 Å². The summed E-state index contributed by atoms with van der Waals surface area (Å²) in [5, 5.41) is 0. The SMILES string of the molecule is CCOC(=O)C(Cc1ccc(CCN)cc1)C(=O)OCC.Cl. The molecule has 0 amide bonds. The lowest BCUT2D eigenvalue weighted by molar-refractivity contribution is -0.161. The van der Waals surface area contributed by atoms with Gasteiger partial charge < -0.3 is 15.2 Å². The van der Waals surface area contributed by atoms with Gasteiger partial charge in [0.2, 0.25) is 0 Å². The van der Waals surface area contributed by atoms with E-state index in [-0.39, 0.29) is 32.0 Å². The van der Waals surface area contributed by atoms with Crippen LogP contribution in [0.1, 0.15) is 25.0 Å². The van der Waals surface area contributed by atoms with Crippen LogP contribution in [0.4, 0.5) is 0 Å². The number of hydrogen-bond donors (Lipinski definition) is 1. The van der Waals surface area contributed by atoms with Gasteiger partial charge in [-0.05, 0) is 44.4 Å². The molecule has 0 radical (unpaired) electrons. The first-order valence-corrected chi connectivity index (χ1v) is 7.23. The monoisotopic (exact) mass is 329 g/mol. The number of halogens is 1. The highest BCUT2D eigenvalue weighted by Gasteiger charge is 2.29. The Morgan fingerprint density at radius 1 is 1.00 bits per heavy atom. The molecular formula is C16H24ClNO4. The molecule has 0 saturated heterocycles. The fourth-order valence-corrected chi connectivity index (χ4v) is 1.99. The quantitative estimate of drug-likeness (QED) is 0.582. The number of rotatable bonds is 8. The van der Waals surface area contributed by atoms with Crippen LogP contribution < -0.4 is 5.73 Å². The van der Waals surface area contributed by atoms with Crippen LogP contribution in [0.2, 0.25) is 0 Å². The van der Waals surface area contributed by atoms with Crippen LogP contribution in [-0.2, 0) is 31.9 Å². The summed E-state index contributed by atoms with van der Waals surface area (Å²) in [4.78, 5) is 23.8. The number of hydrogen-bond acceptors (Lipinski definition) is 5. The first-order chi connectivity index (χ1) is 10.1. The van der Waals surface area contributed by atoms with Crippen molar-refractivity contribution >= 4 is 24.3 Å². The van der Waals surface area contributed by atoms with Crippen molar-refractivity contribution in [2.24, 2.45) is 11.7 Å². The maximum Gasteiger partial charge on any atom is 0.320 e. The Labute approximate surface area is 137 Å². The lowest BCUT2D eigenvalue weighted by Gasteiger charge is -2.14. The van der Waals surface area contributed by atoms with Crippen molar-refractivity contribution in [3.05, 3.63) is 35.4 Å². The van der Waals surface area contributed by atoms with Crippen LogP contribution in [0, 0.1) is 5.92 Å². The van der Waals surface area contributed by atoms with E-state index in [1.807, 2.05) is 24.3 Å². The molecule has 1 aromatic carbocycles. The van der Waals surface area contributed by atoms with E-state index in [2.05, 4.69) is 0 Å². The largest absolute Gasteiger partial charge is 0.465 e. The topological polar surface area (TPSA) is 78.6 Å². The van der Waals surface area contributed by atoms with Gasteiger partial charge in [0, 0.05) is 0 Å². The van der Waals surface area contributed by atoms with Gasteiger partial charge in [0.1, 0.15) is 0 Å². The van der Waals surface area contributed by atoms with Gasteiger partial charge in [-0.2, -0.15) is 0 Å². The van der Waals surface area contributed by atoms with Crippen molar-refractivity contribution in [2.45, 2.75) is 26.7 Å². The summed E-state index contributed by atoms with van der Waals surface area (Å²) in [6.45, 7) is 4.49. The van der Waals surface area contributed by atoms with Crippen molar-refractivity contribution in [3.63, 3.8) is 0 Å². The first kappa shape index (κ1) is 20.4. The smallest absolute Gasteiger partial charge is 0.320 e. The van der Waals surface area contributed by atoms with Gasteiger partial charge in [0.25, 0.3) is 0 Å². The highest BCUT2D eigenvalue weighted by molar-refractivity contribution is 5.95. The normalized spacial score (nSPS) is 10.0. The summed E-state index contributed by atoms with van der Waals surface area (Å²) in [7, 11) is 0. The number of esters is 2. The van der Waals surface area contributed by atoms with E-state index in [4.69, 9.17) is 15.2 Å². The number of carbonyl (C=O) groups is 2. The Morgan fingerprint density at radius 3 is 1.86 bits per heavy atom. The molecule has 5 nitrogen and oxygen atoms in total. The van der Waals surface area contributed by atoms with Crippen LogP contribution in [0.3, 0.4) is 0 Å². The standard InChI is InChI=1S/C16H23NO4.ClH/c1-3-20-15(18)14(16(19)21-4-2)11-13-7-5-12(6-8-13)9-10-17;/h5-8,14H,3-4,9-11,17H2,1-2H3;1H. The Morgan fingerprint density at radius 2 is 1.45 bits per heavy atom. The Bertz CT molecular complexity index is 444. The van der Waals surface area contributed by atoms with Crippen molar-refractivity contribution in [3.8, 4) is 0 Å². The van der Waals surface area contributed by atoms with Gasteiger partial charge in [-0.15, -0.1) is 12.4 Å². The second-order valence-corrected chi connectivity index (χ2v) is 4.62. The number of nitrogens with two attached hydrogens (primary N) is 1. The predicted octanol–water partition coefficient (Wildman–Crippen LogP) is 1.89. The second-order valence-electron chi connectivity index (χ2n) is 4.62. The van der Waals surface area contributed by atoms with Crippen molar-refractivity contribution in [1.82, 2.24) is 0 Å². The lowest BCUT2D eigenvalue weighted by atomic mass is 9.98. The molecule has 0 spiro atoms. The maximum atomic E-state index is 11.9. The van der Waals surface area contributed by atoms with Crippen LogP contribution in [0.5, 0.6) is 0 Å². The Balaban J connectivity index is 0.00000441. The minimum Gasteiger partial charge on any atom is -0.465 e. The summed E-state index contributed by atoms with van der Waals surface area (Å²) in [5.74, 6) is -1.99. The molecule has 0 saturated carbocycles. The highest BCUT2D eigenvalue weighted by Crippen LogP contribution is 2.14. The summed E-state index contributed by atoms with van der Waals surface area (Å²) in [6, 6.07) is 7.71. The van der Waals surface area contributed by atoms with Crippen LogP contribution in [-0.4, -0.2) is 31.7 Å². The number of benzene rings is 1. The first-order valence-electron chi connectivity index (χ1n) is 7.23. The maximum absolute atomic E-state index is 11.9. The zero-order chi connectivity index (χ0) is 15.7. The average molecular weight is 330 g/mol. The zero-order valence-electron chi connectivity index (χ0n) is 13.0. The molecule has 22 heavy (non-hydrogen) atoms. The van der Waals surface area contributed by atoms with Gasteiger partial charge in [0.05, 0.1) is 13.2 Å². The molecule has 124 valence electrons. The molecule has 1 aromatic rings. The van der Waals surface area contributed by atoms with Gasteiger partial charge in [0.15, 0.2) is 5.92 Å². The number of carbonyl (C=O) groups excluding carboxylic acids is 2. The summed E-state index contributed by atoms with van der Waals surface area (Å²) in [6.07, 6.45) is 1.08. The van der Waals surface area contributed by atoms with E-state index in [9.17, 15) is 9.59 Å². The second kappa shape index (κ2) is 11.0. The van der Waals surface area contributed by atoms with Gasteiger partial charge in [-0.3, -0.25) is 9.59 Å². The molecule has 2 N–H and O–H groups in total. The molecule has 0 unspecified atom stereocenters. The molecule has 1 rings (SSSR count). The Hall–Kier alpha value is -1.59. The van der Waals surface area contributed by atoms with Crippen LogP contribution in [0.15, 0.2) is 24.3 Å². The molecule has 0 fully saturated rings. The minimum atomic E-state index is -0.912. The summed E-state index contributed by atoms with van der Waals surface area (Å²) >= 11 is 0. The fraction of sp³-hybridized carbons (Fsp3) is 0.500. The van der Waals surface area contributed by atoms with Crippen molar-refractivity contribution in [2.75, 3.05) is 19.8 Å². The third-order valence-electron chi connectivity index (χ3n) is 3.04. The van der Waals surface area contributed by atoms with Gasteiger partial charge in [-0.25, -0.2) is 0 Å². The minimum absolute atomic E-state index is 0. The highest BCUT2D eigenvalue weighted by atomic mass is 35.5. The average Bonchev–Trinajstić information content (AvgIpc) is 2.47. The number of ether oxygens (including phenoxy) is 2. The molecule has 0 atom stereocenters. The lowest BCUT2D eigenvalue weighted by Crippen LogP contribution is -2.30. The van der Waals surface area contributed by atoms with Crippen molar-refractivity contribution in [1.29, 1.82) is 0 Å². The molecule has 0 aliphatic heterocycles.